The van der Waals surface area contributed by atoms with Crippen molar-refractivity contribution in [1.82, 2.24) is 14.8 Å². The van der Waals surface area contributed by atoms with Crippen molar-refractivity contribution in [3.05, 3.63) is 66.4 Å². The first-order valence-corrected chi connectivity index (χ1v) is 12.3. The van der Waals surface area contributed by atoms with Gasteiger partial charge in [-0.1, -0.05) is 42.5 Å². The van der Waals surface area contributed by atoms with E-state index in [2.05, 4.69) is 9.88 Å². The zero-order chi connectivity index (χ0) is 21.8. The summed E-state index contributed by atoms with van der Waals surface area (Å²) in [6.45, 7) is 2.91. The van der Waals surface area contributed by atoms with E-state index in [1.54, 1.807) is 17.2 Å². The number of hydrogen-bond donors (Lipinski definition) is 0. The van der Waals surface area contributed by atoms with Crippen LogP contribution in [0.25, 0.3) is 22.8 Å². The molecule has 0 N–H and O–H groups in total. The Hall–Kier alpha value is -2.97. The van der Waals surface area contributed by atoms with Gasteiger partial charge in [-0.3, -0.25) is 9.69 Å². The number of aromatic nitrogens is 1. The normalized spacial score (nSPS) is 15.2. The summed E-state index contributed by atoms with van der Waals surface area (Å²) >= 11 is 0. The van der Waals surface area contributed by atoms with Gasteiger partial charge in [0.1, 0.15) is 9.84 Å². The second-order valence-electron chi connectivity index (χ2n) is 7.70. The number of carbonyl (C=O) groups excluding carboxylic acids is 1. The van der Waals surface area contributed by atoms with Crippen LogP contribution in [0.1, 0.15) is 10.4 Å². The number of sulfone groups is 1. The highest BCUT2D eigenvalue weighted by Gasteiger charge is 2.25. The second-order valence-corrected chi connectivity index (χ2v) is 9.96. The van der Waals surface area contributed by atoms with E-state index in [0.717, 1.165) is 5.56 Å². The van der Waals surface area contributed by atoms with E-state index in [4.69, 9.17) is 4.42 Å². The first kappa shape index (κ1) is 21.3. The van der Waals surface area contributed by atoms with Gasteiger partial charge in [0.25, 0.3) is 5.91 Å². The van der Waals surface area contributed by atoms with Crippen LogP contribution in [0, 0.1) is 0 Å². The number of nitrogens with zero attached hydrogens (tertiary/aromatic N) is 3. The third-order valence-corrected chi connectivity index (χ3v) is 6.31. The number of rotatable bonds is 6. The van der Waals surface area contributed by atoms with E-state index in [0.29, 0.717) is 55.5 Å². The highest BCUT2D eigenvalue weighted by Crippen LogP contribution is 2.29. The molecule has 162 valence electrons. The summed E-state index contributed by atoms with van der Waals surface area (Å²) in [6, 6.07) is 17.0. The number of oxazole rings is 1. The van der Waals surface area contributed by atoms with Gasteiger partial charge in [0.05, 0.1) is 17.5 Å². The molecule has 1 fully saturated rings. The Morgan fingerprint density at radius 1 is 1.00 bits per heavy atom. The molecule has 4 rings (SSSR count). The van der Waals surface area contributed by atoms with Crippen LogP contribution in [0.5, 0.6) is 0 Å². The van der Waals surface area contributed by atoms with Gasteiger partial charge in [0.2, 0.25) is 5.89 Å². The number of benzene rings is 2. The highest BCUT2D eigenvalue weighted by molar-refractivity contribution is 7.90. The van der Waals surface area contributed by atoms with Crippen LogP contribution in [0.2, 0.25) is 0 Å². The summed E-state index contributed by atoms with van der Waals surface area (Å²) < 4.78 is 28.7. The largest absolute Gasteiger partial charge is 0.436 e. The standard InChI is InChI=1S/C23H25N3O4S/c1-31(28,29)16-15-25-11-13-26(14-12-25)23(27)20-10-6-5-9-19(20)22-24-17-21(30-22)18-7-3-2-4-8-18/h2-10,17H,11-16H2,1H3. The van der Waals surface area contributed by atoms with E-state index in [-0.39, 0.29) is 11.7 Å². The summed E-state index contributed by atoms with van der Waals surface area (Å²) in [5.74, 6) is 1.13. The smallest absolute Gasteiger partial charge is 0.254 e. The first-order chi connectivity index (χ1) is 14.9. The lowest BCUT2D eigenvalue weighted by Gasteiger charge is -2.34. The molecule has 31 heavy (non-hydrogen) atoms. The molecule has 1 amide bonds. The van der Waals surface area contributed by atoms with Crippen LogP contribution < -0.4 is 0 Å². The van der Waals surface area contributed by atoms with E-state index < -0.39 is 9.84 Å². The Balaban J connectivity index is 1.48. The Labute approximate surface area is 182 Å². The third kappa shape index (κ3) is 5.21. The van der Waals surface area contributed by atoms with Gasteiger partial charge < -0.3 is 9.32 Å². The minimum absolute atomic E-state index is 0.0715. The molecule has 2 heterocycles. The zero-order valence-corrected chi connectivity index (χ0v) is 18.2. The van der Waals surface area contributed by atoms with Crippen molar-refractivity contribution < 1.29 is 17.6 Å². The van der Waals surface area contributed by atoms with Crippen molar-refractivity contribution in [1.29, 1.82) is 0 Å². The Kier molecular flexibility index (Phi) is 6.20. The molecular weight excluding hydrogens is 414 g/mol. The summed E-state index contributed by atoms with van der Waals surface area (Å²) in [5.41, 5.74) is 2.14. The molecule has 1 aromatic heterocycles. The van der Waals surface area contributed by atoms with Crippen LogP contribution in [0.15, 0.2) is 65.2 Å². The van der Waals surface area contributed by atoms with Crippen LogP contribution in [0.3, 0.4) is 0 Å². The zero-order valence-electron chi connectivity index (χ0n) is 17.4. The predicted molar refractivity (Wildman–Crippen MR) is 119 cm³/mol. The maximum absolute atomic E-state index is 13.2. The molecule has 1 aliphatic rings. The molecule has 0 unspecified atom stereocenters. The maximum atomic E-state index is 13.2. The molecule has 1 aliphatic heterocycles. The number of hydrogen-bond acceptors (Lipinski definition) is 6. The molecule has 1 saturated heterocycles. The fourth-order valence-electron chi connectivity index (χ4n) is 3.63. The Morgan fingerprint density at radius 2 is 1.68 bits per heavy atom. The Bertz CT molecular complexity index is 1150. The second kappa shape index (κ2) is 9.03. The molecule has 7 nitrogen and oxygen atoms in total. The lowest BCUT2D eigenvalue weighted by molar-refractivity contribution is 0.0644. The summed E-state index contributed by atoms with van der Waals surface area (Å²) in [4.78, 5) is 21.5. The van der Waals surface area contributed by atoms with Gasteiger partial charge in [0, 0.05) is 50.1 Å². The van der Waals surface area contributed by atoms with E-state index in [9.17, 15) is 13.2 Å². The van der Waals surface area contributed by atoms with E-state index in [1.807, 2.05) is 48.5 Å². The predicted octanol–water partition coefficient (Wildman–Crippen LogP) is 2.81. The van der Waals surface area contributed by atoms with Gasteiger partial charge in [-0.2, -0.15) is 0 Å². The van der Waals surface area contributed by atoms with Gasteiger partial charge in [-0.05, 0) is 12.1 Å². The minimum Gasteiger partial charge on any atom is -0.436 e. The van der Waals surface area contributed by atoms with E-state index >= 15 is 0 Å². The summed E-state index contributed by atoms with van der Waals surface area (Å²) in [6.07, 6.45) is 2.92. The molecule has 0 saturated carbocycles. The van der Waals surface area contributed by atoms with Crippen molar-refractivity contribution >= 4 is 15.7 Å². The molecule has 8 heteroatoms. The van der Waals surface area contributed by atoms with Crippen LogP contribution >= 0.6 is 0 Å². The number of carbonyl (C=O) groups is 1. The average molecular weight is 440 g/mol. The van der Waals surface area contributed by atoms with Gasteiger partial charge in [0.15, 0.2) is 5.76 Å². The number of piperazine rings is 1. The van der Waals surface area contributed by atoms with Gasteiger partial charge in [-0.15, -0.1) is 0 Å². The molecule has 3 aromatic rings. The lowest BCUT2D eigenvalue weighted by Crippen LogP contribution is -2.49. The SMILES string of the molecule is CS(=O)(=O)CCN1CCN(C(=O)c2ccccc2-c2ncc(-c3ccccc3)o2)CC1. The van der Waals surface area contributed by atoms with Gasteiger partial charge in [-0.25, -0.2) is 13.4 Å². The quantitative estimate of drug-likeness (QED) is 0.587. The molecular formula is C23H25N3O4S. The lowest BCUT2D eigenvalue weighted by atomic mass is 10.1. The number of amides is 1. The summed E-state index contributed by atoms with van der Waals surface area (Å²) in [5, 5.41) is 0. The Morgan fingerprint density at radius 3 is 2.39 bits per heavy atom. The minimum atomic E-state index is -2.99. The topological polar surface area (TPSA) is 83.7 Å². The molecule has 2 aromatic carbocycles. The van der Waals surface area contributed by atoms with Crippen molar-refractivity contribution in [2.75, 3.05) is 44.7 Å². The van der Waals surface area contributed by atoms with Crippen LogP contribution in [0.4, 0.5) is 0 Å². The molecule has 0 bridgehead atoms. The van der Waals surface area contributed by atoms with Crippen molar-refractivity contribution in [3.8, 4) is 22.8 Å². The van der Waals surface area contributed by atoms with Crippen molar-refractivity contribution in [2.45, 2.75) is 0 Å². The van der Waals surface area contributed by atoms with Crippen molar-refractivity contribution in [2.24, 2.45) is 0 Å². The molecule has 0 spiro atoms. The average Bonchev–Trinajstić information content (AvgIpc) is 3.28. The van der Waals surface area contributed by atoms with Crippen LogP contribution in [-0.2, 0) is 9.84 Å². The molecule has 0 radical (unpaired) electrons. The van der Waals surface area contributed by atoms with Gasteiger partial charge >= 0.3 is 0 Å². The van der Waals surface area contributed by atoms with Crippen molar-refractivity contribution in [3.63, 3.8) is 0 Å². The monoisotopic (exact) mass is 439 g/mol. The fourth-order valence-corrected chi connectivity index (χ4v) is 4.22. The summed E-state index contributed by atoms with van der Waals surface area (Å²) in [7, 11) is -2.99. The highest BCUT2D eigenvalue weighted by atomic mass is 32.2. The molecule has 0 atom stereocenters. The third-order valence-electron chi connectivity index (χ3n) is 5.39. The maximum Gasteiger partial charge on any atom is 0.254 e. The molecule has 0 aliphatic carbocycles. The first-order valence-electron chi connectivity index (χ1n) is 10.2. The fraction of sp³-hybridized carbons (Fsp3) is 0.304. The van der Waals surface area contributed by atoms with Crippen LogP contribution in [-0.4, -0.2) is 73.8 Å². The van der Waals surface area contributed by atoms with E-state index in [1.165, 1.54) is 6.26 Å².